The van der Waals surface area contributed by atoms with Crippen LogP contribution in [0.25, 0.3) is 0 Å². The van der Waals surface area contributed by atoms with Crippen LogP contribution in [0.2, 0.25) is 0 Å². The molecule has 3 N–H and O–H groups in total. The summed E-state index contributed by atoms with van der Waals surface area (Å²) in [4.78, 5) is 32.9. The molecule has 0 radical (unpaired) electrons. The number of ether oxygens (including phenoxy) is 1. The van der Waals surface area contributed by atoms with Gasteiger partial charge >= 0.3 is 11.9 Å². The maximum Gasteiger partial charge on any atom is 0.311 e. The molecule has 8 heteroatoms. The first-order chi connectivity index (χ1) is 22.2. The largest absolute Gasteiger partial charge is 0.481 e. The Bertz CT molecular complexity index is 1390. The third-order valence-electron chi connectivity index (χ3n) is 11.1. The van der Waals surface area contributed by atoms with Gasteiger partial charge in [-0.2, -0.15) is 0 Å². The first kappa shape index (κ1) is 33.8. The summed E-state index contributed by atoms with van der Waals surface area (Å²) in [5.41, 5.74) is 0.564. The van der Waals surface area contributed by atoms with E-state index in [9.17, 15) is 19.8 Å². The second-order valence-electron chi connectivity index (χ2n) is 13.5. The Morgan fingerprint density at radius 2 is 1.43 bits per heavy atom. The maximum absolute atomic E-state index is 13.1. The van der Waals surface area contributed by atoms with E-state index in [2.05, 4.69) is 75.9 Å². The number of carbonyl (C=O) groups is 2. The molecule has 2 saturated heterocycles. The van der Waals surface area contributed by atoms with Crippen LogP contribution in [-0.4, -0.2) is 77.0 Å². The van der Waals surface area contributed by atoms with E-state index in [1.165, 1.54) is 11.1 Å². The number of carboxylic acid groups (broad SMARTS) is 2. The van der Waals surface area contributed by atoms with E-state index in [0.29, 0.717) is 25.3 Å². The summed E-state index contributed by atoms with van der Waals surface area (Å²) in [7, 11) is 0. The number of nitrogens with one attached hydrogen (secondary N) is 1. The van der Waals surface area contributed by atoms with Gasteiger partial charge in [0.05, 0.1) is 10.8 Å². The molecule has 5 rings (SSSR count). The summed E-state index contributed by atoms with van der Waals surface area (Å²) in [6, 6.07) is 26.2. The molecule has 46 heavy (non-hydrogen) atoms. The summed E-state index contributed by atoms with van der Waals surface area (Å²) < 4.78 is 6.04. The molecule has 5 unspecified atom stereocenters. The van der Waals surface area contributed by atoms with Crippen LogP contribution in [0.15, 0.2) is 85.1 Å². The number of aromatic nitrogens is 1. The molecule has 3 aromatic rings. The van der Waals surface area contributed by atoms with E-state index in [1.807, 2.05) is 13.8 Å². The lowest BCUT2D eigenvalue weighted by Gasteiger charge is -2.55. The van der Waals surface area contributed by atoms with Gasteiger partial charge in [-0.1, -0.05) is 66.7 Å². The number of benzene rings is 2. The van der Waals surface area contributed by atoms with Crippen LogP contribution in [0.5, 0.6) is 0 Å². The summed E-state index contributed by atoms with van der Waals surface area (Å²) in [5, 5.41) is 24.5. The zero-order valence-electron chi connectivity index (χ0n) is 27.4. The van der Waals surface area contributed by atoms with Gasteiger partial charge in [-0.15, -0.1) is 0 Å². The average molecular weight is 628 g/mol. The monoisotopic (exact) mass is 627 g/mol. The zero-order valence-corrected chi connectivity index (χ0v) is 27.4. The Morgan fingerprint density at radius 1 is 0.848 bits per heavy atom. The summed E-state index contributed by atoms with van der Waals surface area (Å²) in [6.45, 7) is 9.33. The Morgan fingerprint density at radius 3 is 1.98 bits per heavy atom. The second kappa shape index (κ2) is 14.4. The van der Waals surface area contributed by atoms with E-state index in [0.717, 1.165) is 38.9 Å². The lowest BCUT2D eigenvalue weighted by molar-refractivity contribution is -0.172. The first-order valence-corrected chi connectivity index (χ1v) is 16.7. The van der Waals surface area contributed by atoms with Gasteiger partial charge in [0, 0.05) is 55.1 Å². The van der Waals surface area contributed by atoms with Crippen molar-refractivity contribution in [1.29, 1.82) is 0 Å². The minimum atomic E-state index is -1.37. The molecule has 3 heterocycles. The van der Waals surface area contributed by atoms with Gasteiger partial charge in [-0.05, 0) is 89.2 Å². The predicted molar refractivity (Wildman–Crippen MR) is 179 cm³/mol. The third kappa shape index (κ3) is 6.35. The summed E-state index contributed by atoms with van der Waals surface area (Å²) in [5.74, 6) is -2.85. The lowest BCUT2D eigenvalue weighted by Crippen LogP contribution is -2.68. The molecule has 5 atom stereocenters. The smallest absolute Gasteiger partial charge is 0.311 e. The molecule has 0 bridgehead atoms. The number of piperidine rings is 2. The Hall–Kier alpha value is -3.59. The van der Waals surface area contributed by atoms with Crippen molar-refractivity contribution in [3.05, 3.63) is 102 Å². The van der Waals surface area contributed by atoms with Gasteiger partial charge in [0.15, 0.2) is 0 Å². The number of nitrogens with zero attached hydrogens (tertiary/aromatic N) is 2. The van der Waals surface area contributed by atoms with Crippen LogP contribution in [-0.2, 0) is 19.7 Å². The zero-order chi connectivity index (χ0) is 32.8. The highest BCUT2D eigenvalue weighted by molar-refractivity contribution is 5.83. The molecule has 0 aliphatic carbocycles. The van der Waals surface area contributed by atoms with E-state index in [-0.39, 0.29) is 11.8 Å². The molecular weight excluding hydrogens is 578 g/mol. The molecule has 0 amide bonds. The number of hydrogen-bond donors (Lipinski definition) is 3. The summed E-state index contributed by atoms with van der Waals surface area (Å²) in [6.07, 6.45) is 5.42. The fourth-order valence-corrected chi connectivity index (χ4v) is 8.31. The molecule has 0 spiro atoms. The fourth-order valence-electron chi connectivity index (χ4n) is 8.31. The van der Waals surface area contributed by atoms with Gasteiger partial charge in [0.1, 0.15) is 0 Å². The van der Waals surface area contributed by atoms with Gasteiger partial charge in [-0.25, -0.2) is 0 Å². The van der Waals surface area contributed by atoms with Crippen LogP contribution in [0.3, 0.4) is 0 Å². The fraction of sp³-hybridized carbons (Fsp3) is 0.500. The average Bonchev–Trinajstić information content (AvgIpc) is 3.07. The minimum Gasteiger partial charge on any atom is -0.481 e. The Labute approximate surface area is 273 Å². The maximum atomic E-state index is 13.1. The van der Waals surface area contributed by atoms with Crippen molar-refractivity contribution >= 4 is 11.9 Å². The number of aliphatic carboxylic acids is 2. The number of likely N-dealkylation sites (tertiary alicyclic amines) is 1. The van der Waals surface area contributed by atoms with Crippen molar-refractivity contribution in [2.75, 3.05) is 32.8 Å². The van der Waals surface area contributed by atoms with Crippen LogP contribution in [0, 0.1) is 10.8 Å². The third-order valence-corrected chi connectivity index (χ3v) is 11.1. The standard InChI is InChI=1S/C38H49N3O5/c1-28-36(3,34(42)43)33(32-18-10-11-22-39-32)38(35(44)45,29(2)40-28)19-12-26-46-27-13-23-41-24-20-37(21-25-41,30-14-6-4-7-15-30)31-16-8-5-9-17-31/h4-11,14-18,22,28-29,33,40H,12-13,19-21,23-27H2,1-3H3,(H,42,43)(H,44,45). The van der Waals surface area contributed by atoms with Crippen molar-refractivity contribution in [2.45, 2.75) is 76.3 Å². The molecule has 1 aromatic heterocycles. The predicted octanol–water partition coefficient (Wildman–Crippen LogP) is 5.98. The highest BCUT2D eigenvalue weighted by Crippen LogP contribution is 2.56. The molecule has 2 aliphatic heterocycles. The van der Waals surface area contributed by atoms with Crippen molar-refractivity contribution < 1.29 is 24.5 Å². The van der Waals surface area contributed by atoms with E-state index < -0.39 is 40.8 Å². The van der Waals surface area contributed by atoms with E-state index >= 15 is 0 Å². The van der Waals surface area contributed by atoms with Gasteiger partial charge in [0.2, 0.25) is 0 Å². The lowest BCUT2D eigenvalue weighted by atomic mass is 9.52. The highest BCUT2D eigenvalue weighted by atomic mass is 16.5. The summed E-state index contributed by atoms with van der Waals surface area (Å²) >= 11 is 0. The molecular formula is C38H49N3O5. The number of hydrogen-bond acceptors (Lipinski definition) is 6. The van der Waals surface area contributed by atoms with Crippen LogP contribution >= 0.6 is 0 Å². The molecule has 246 valence electrons. The molecule has 2 aliphatic rings. The Balaban J connectivity index is 1.16. The topological polar surface area (TPSA) is 112 Å². The van der Waals surface area contributed by atoms with Crippen molar-refractivity contribution in [2.24, 2.45) is 10.8 Å². The highest BCUT2D eigenvalue weighted by Gasteiger charge is 2.65. The van der Waals surface area contributed by atoms with Crippen molar-refractivity contribution in [3.8, 4) is 0 Å². The Kier molecular flexibility index (Phi) is 10.6. The van der Waals surface area contributed by atoms with Crippen LogP contribution in [0.4, 0.5) is 0 Å². The van der Waals surface area contributed by atoms with Crippen molar-refractivity contribution in [1.82, 2.24) is 15.2 Å². The number of carboxylic acids is 2. The van der Waals surface area contributed by atoms with Gasteiger partial charge < -0.3 is 25.2 Å². The van der Waals surface area contributed by atoms with E-state index in [1.54, 1.807) is 31.3 Å². The first-order valence-electron chi connectivity index (χ1n) is 16.7. The SMILES string of the molecule is CC1NC(C)C(CCCOCCCN2CCC(c3ccccc3)(c3ccccc3)CC2)(C(=O)O)C(c2ccccn2)C1(C)C(=O)O. The number of pyridine rings is 1. The minimum absolute atomic E-state index is 0.0301. The normalized spacial score (nSPS) is 28.0. The number of rotatable bonds is 13. The van der Waals surface area contributed by atoms with Gasteiger partial charge in [0.25, 0.3) is 0 Å². The van der Waals surface area contributed by atoms with Crippen LogP contribution < -0.4 is 5.32 Å². The second-order valence-corrected chi connectivity index (χ2v) is 13.5. The molecule has 2 aromatic carbocycles. The molecule has 2 fully saturated rings. The van der Waals surface area contributed by atoms with E-state index in [4.69, 9.17) is 4.74 Å². The molecule has 0 saturated carbocycles. The molecule has 8 nitrogen and oxygen atoms in total. The van der Waals surface area contributed by atoms with Crippen molar-refractivity contribution in [3.63, 3.8) is 0 Å². The van der Waals surface area contributed by atoms with Crippen LogP contribution in [0.1, 0.15) is 75.6 Å². The quantitative estimate of drug-likeness (QED) is 0.199. The van der Waals surface area contributed by atoms with Gasteiger partial charge in [-0.3, -0.25) is 14.6 Å².